The smallest absolute Gasteiger partial charge is 0.319 e. The minimum absolute atomic E-state index is 0.0501. The van der Waals surface area contributed by atoms with E-state index in [1.807, 2.05) is 0 Å². The molecule has 1 aliphatic rings. The van der Waals surface area contributed by atoms with Crippen molar-refractivity contribution in [2.45, 2.75) is 19.3 Å². The second-order valence-corrected chi connectivity index (χ2v) is 4.45. The molecule has 1 unspecified atom stereocenters. The summed E-state index contributed by atoms with van der Waals surface area (Å²) in [5.41, 5.74) is 6.66. The summed E-state index contributed by atoms with van der Waals surface area (Å²) >= 11 is 0. The van der Waals surface area contributed by atoms with Crippen molar-refractivity contribution in [3.63, 3.8) is 0 Å². The van der Waals surface area contributed by atoms with E-state index in [4.69, 9.17) is 5.73 Å². The minimum atomic E-state index is -0.542. The Morgan fingerprint density at radius 2 is 1.89 bits per heavy atom. The number of amides is 2. The van der Waals surface area contributed by atoms with Crippen molar-refractivity contribution in [3.8, 4) is 0 Å². The van der Waals surface area contributed by atoms with Crippen LogP contribution in [0.3, 0.4) is 0 Å². The largest absolute Gasteiger partial charge is 0.351 e. The number of Topliss-reactive ketones (excluding diaryl/α,β-unsaturated/α-hetero) is 1. The number of nitrogens with zero attached hydrogens (tertiary/aromatic N) is 1. The topological polar surface area (TPSA) is 63.4 Å². The number of hydrogen-bond acceptors (Lipinski definition) is 2. The molecule has 0 aliphatic carbocycles. The van der Waals surface area contributed by atoms with E-state index < -0.39 is 6.03 Å². The molecule has 0 saturated heterocycles. The van der Waals surface area contributed by atoms with Gasteiger partial charge in [-0.3, -0.25) is 9.69 Å². The fourth-order valence-corrected chi connectivity index (χ4v) is 2.30. The molecule has 0 fully saturated rings. The summed E-state index contributed by atoms with van der Waals surface area (Å²) in [5.74, 6) is -0.220. The van der Waals surface area contributed by atoms with Crippen molar-refractivity contribution < 1.29 is 9.59 Å². The summed E-state index contributed by atoms with van der Waals surface area (Å²) in [6.45, 7) is 11.3. The molecule has 1 aliphatic heterocycles. The maximum Gasteiger partial charge on any atom is 0.319 e. The van der Waals surface area contributed by atoms with Gasteiger partial charge in [0.1, 0.15) is 0 Å². The van der Waals surface area contributed by atoms with Gasteiger partial charge in [0.15, 0.2) is 5.78 Å². The second-order valence-electron chi connectivity index (χ2n) is 4.45. The van der Waals surface area contributed by atoms with Crippen LogP contribution in [0.4, 0.5) is 4.79 Å². The Kier molecular flexibility index (Phi) is 5.30. The number of carbonyl (C=O) groups excluding carboxylic acids is 2. The zero-order chi connectivity index (χ0) is 14.4. The first-order valence-electron chi connectivity index (χ1n) is 6.22. The highest BCUT2D eigenvalue weighted by atomic mass is 16.2. The third kappa shape index (κ3) is 3.22. The Hall–Kier alpha value is -2.10. The lowest BCUT2D eigenvalue weighted by atomic mass is 9.86. The van der Waals surface area contributed by atoms with E-state index >= 15 is 0 Å². The van der Waals surface area contributed by atoms with E-state index in [0.717, 1.165) is 0 Å². The van der Waals surface area contributed by atoms with Crippen LogP contribution in [-0.4, -0.2) is 23.3 Å². The molecule has 0 bridgehead atoms. The summed E-state index contributed by atoms with van der Waals surface area (Å²) in [6.07, 6.45) is 6.41. The number of rotatable bonds is 6. The number of allylic oxidation sites excluding steroid dienone is 4. The van der Waals surface area contributed by atoms with Gasteiger partial charge in [0, 0.05) is 30.2 Å². The normalized spacial score (nSPS) is 19.3. The van der Waals surface area contributed by atoms with Crippen molar-refractivity contribution in [2.24, 2.45) is 11.7 Å². The molecule has 0 radical (unpaired) electrons. The fraction of sp³-hybridized carbons (Fsp3) is 0.333. The SMILES string of the molecule is C=CCC1=C(CC=C)N(C(N)=O)CC(CC=C)C1=O. The number of primary amides is 1. The predicted molar refractivity (Wildman–Crippen MR) is 76.3 cm³/mol. The number of ketones is 1. The zero-order valence-corrected chi connectivity index (χ0v) is 11.1. The van der Waals surface area contributed by atoms with Gasteiger partial charge in [-0.25, -0.2) is 4.79 Å². The van der Waals surface area contributed by atoms with Gasteiger partial charge in [0.05, 0.1) is 0 Å². The van der Waals surface area contributed by atoms with Gasteiger partial charge in [-0.1, -0.05) is 18.2 Å². The summed E-state index contributed by atoms with van der Waals surface area (Å²) in [4.78, 5) is 25.4. The molecule has 2 N–H and O–H groups in total. The molecule has 4 heteroatoms. The average Bonchev–Trinajstić information content (AvgIpc) is 2.37. The van der Waals surface area contributed by atoms with Crippen LogP contribution in [0.15, 0.2) is 49.2 Å². The van der Waals surface area contributed by atoms with Gasteiger partial charge in [0.2, 0.25) is 0 Å². The lowest BCUT2D eigenvalue weighted by Crippen LogP contribution is -2.45. The van der Waals surface area contributed by atoms with Crippen LogP contribution in [0.2, 0.25) is 0 Å². The zero-order valence-electron chi connectivity index (χ0n) is 11.1. The van der Waals surface area contributed by atoms with Gasteiger partial charge < -0.3 is 5.73 Å². The highest BCUT2D eigenvalue weighted by molar-refractivity contribution is 6.00. The number of nitrogens with two attached hydrogens (primary N) is 1. The first-order chi connectivity index (χ1) is 9.06. The molecule has 0 spiro atoms. The number of hydrogen-bond donors (Lipinski definition) is 1. The third-order valence-electron chi connectivity index (χ3n) is 3.15. The van der Waals surface area contributed by atoms with E-state index in [-0.39, 0.29) is 11.7 Å². The van der Waals surface area contributed by atoms with Gasteiger partial charge in [-0.15, -0.1) is 19.7 Å². The lowest BCUT2D eigenvalue weighted by Gasteiger charge is -2.34. The summed E-state index contributed by atoms with van der Waals surface area (Å²) < 4.78 is 0. The van der Waals surface area contributed by atoms with Crippen molar-refractivity contribution in [2.75, 3.05) is 6.54 Å². The van der Waals surface area contributed by atoms with Crippen LogP contribution in [0.5, 0.6) is 0 Å². The van der Waals surface area contributed by atoms with Crippen molar-refractivity contribution in [3.05, 3.63) is 49.2 Å². The lowest BCUT2D eigenvalue weighted by molar-refractivity contribution is -0.120. The Bertz CT molecular complexity index is 449. The molecule has 2 amide bonds. The van der Waals surface area contributed by atoms with Gasteiger partial charge in [-0.05, 0) is 12.8 Å². The van der Waals surface area contributed by atoms with Gasteiger partial charge >= 0.3 is 6.03 Å². The van der Waals surface area contributed by atoms with Gasteiger partial charge in [-0.2, -0.15) is 0 Å². The van der Waals surface area contributed by atoms with Crippen LogP contribution in [0.25, 0.3) is 0 Å². The minimum Gasteiger partial charge on any atom is -0.351 e. The Morgan fingerprint density at radius 1 is 1.26 bits per heavy atom. The first-order valence-corrected chi connectivity index (χ1v) is 6.22. The predicted octanol–water partition coefficient (Wildman–Crippen LogP) is 2.55. The molecular formula is C15H20N2O2. The Balaban J connectivity index is 3.26. The molecule has 0 aromatic carbocycles. The third-order valence-corrected chi connectivity index (χ3v) is 3.15. The highest BCUT2D eigenvalue weighted by Gasteiger charge is 2.34. The quantitative estimate of drug-likeness (QED) is 0.746. The van der Waals surface area contributed by atoms with Crippen molar-refractivity contribution in [1.29, 1.82) is 0 Å². The molecule has 4 nitrogen and oxygen atoms in total. The fourth-order valence-electron chi connectivity index (χ4n) is 2.30. The van der Waals surface area contributed by atoms with Crippen molar-refractivity contribution >= 4 is 11.8 Å². The first kappa shape index (κ1) is 15.0. The van der Waals surface area contributed by atoms with E-state index in [1.54, 1.807) is 18.2 Å². The monoisotopic (exact) mass is 260 g/mol. The molecule has 1 rings (SSSR count). The summed E-state index contributed by atoms with van der Waals surface area (Å²) in [6, 6.07) is -0.542. The summed E-state index contributed by atoms with van der Waals surface area (Å²) in [7, 11) is 0. The summed E-state index contributed by atoms with van der Waals surface area (Å²) in [5, 5.41) is 0. The molecular weight excluding hydrogens is 240 g/mol. The standard InChI is InChI=1S/C15H20N2O2/c1-4-7-11-10-17(15(16)19)13(9-6-3)12(8-5-2)14(11)18/h4-6,11H,1-3,7-10H2,(H2,16,19). The number of urea groups is 1. The molecule has 0 aromatic rings. The maximum absolute atomic E-state index is 12.4. The maximum atomic E-state index is 12.4. The molecule has 102 valence electrons. The van der Waals surface area contributed by atoms with Gasteiger partial charge in [0.25, 0.3) is 0 Å². The molecule has 19 heavy (non-hydrogen) atoms. The van der Waals surface area contributed by atoms with Crippen LogP contribution in [-0.2, 0) is 4.79 Å². The molecule has 1 heterocycles. The van der Waals surface area contributed by atoms with Crippen LogP contribution < -0.4 is 5.73 Å². The Labute approximate surface area is 114 Å². The molecule has 1 atom stereocenters. The van der Waals surface area contributed by atoms with Crippen LogP contribution in [0.1, 0.15) is 19.3 Å². The van der Waals surface area contributed by atoms with Crippen LogP contribution in [0, 0.1) is 5.92 Å². The van der Waals surface area contributed by atoms with E-state index in [0.29, 0.717) is 37.1 Å². The second kappa shape index (κ2) is 6.73. The van der Waals surface area contributed by atoms with E-state index in [2.05, 4.69) is 19.7 Å². The number of carbonyl (C=O) groups is 2. The van der Waals surface area contributed by atoms with Crippen molar-refractivity contribution in [1.82, 2.24) is 4.90 Å². The van der Waals surface area contributed by atoms with Crippen LogP contribution >= 0.6 is 0 Å². The molecule has 0 saturated carbocycles. The Morgan fingerprint density at radius 3 is 2.37 bits per heavy atom. The van der Waals surface area contributed by atoms with E-state index in [1.165, 1.54) is 4.90 Å². The average molecular weight is 260 g/mol. The highest BCUT2D eigenvalue weighted by Crippen LogP contribution is 2.29. The molecule has 0 aromatic heterocycles. The van der Waals surface area contributed by atoms with E-state index in [9.17, 15) is 9.59 Å².